The molecular formula is C19H21N3O3. The lowest BCUT2D eigenvalue weighted by Gasteiger charge is -2.16. The second kappa shape index (κ2) is 6.02. The van der Waals surface area contributed by atoms with Crippen LogP contribution in [0, 0.1) is 24.7 Å². The Morgan fingerprint density at radius 3 is 2.44 bits per heavy atom. The molecule has 4 rings (SSSR count). The number of aliphatic carboxylic acids is 1. The van der Waals surface area contributed by atoms with E-state index in [-0.39, 0.29) is 11.8 Å². The molecule has 1 saturated heterocycles. The summed E-state index contributed by atoms with van der Waals surface area (Å²) >= 11 is 0. The summed E-state index contributed by atoms with van der Waals surface area (Å²) in [6, 6.07) is 7.30. The van der Waals surface area contributed by atoms with E-state index in [9.17, 15) is 14.7 Å². The van der Waals surface area contributed by atoms with Crippen LogP contribution in [0.25, 0.3) is 5.69 Å². The van der Waals surface area contributed by atoms with Crippen LogP contribution in [0.1, 0.15) is 28.8 Å². The van der Waals surface area contributed by atoms with E-state index in [1.165, 1.54) is 0 Å². The number of amides is 1. The minimum Gasteiger partial charge on any atom is -0.481 e. The van der Waals surface area contributed by atoms with Gasteiger partial charge in [-0.15, -0.1) is 0 Å². The van der Waals surface area contributed by atoms with E-state index in [1.54, 1.807) is 27.9 Å². The number of carboxylic acids is 1. The van der Waals surface area contributed by atoms with Crippen molar-refractivity contribution >= 4 is 11.9 Å². The van der Waals surface area contributed by atoms with Crippen LogP contribution >= 0.6 is 0 Å². The molecule has 1 aromatic carbocycles. The molecule has 2 atom stereocenters. The molecular weight excluding hydrogens is 318 g/mol. The van der Waals surface area contributed by atoms with Crippen LogP contribution in [-0.4, -0.2) is 44.8 Å². The van der Waals surface area contributed by atoms with Gasteiger partial charge in [0.25, 0.3) is 5.91 Å². The molecule has 2 aliphatic rings. The maximum Gasteiger partial charge on any atom is 0.308 e. The Hall–Kier alpha value is -2.63. The highest BCUT2D eigenvalue weighted by Gasteiger charge is 2.46. The SMILES string of the molecule is Cc1cnn(-c2ccc(C(=O)N3C[C@H](C(=O)O)[C@@H](C4CC4)C3)cc2)c1. The largest absolute Gasteiger partial charge is 0.481 e. The summed E-state index contributed by atoms with van der Waals surface area (Å²) in [6.07, 6.45) is 5.89. The van der Waals surface area contributed by atoms with E-state index in [2.05, 4.69) is 5.10 Å². The topological polar surface area (TPSA) is 75.4 Å². The monoisotopic (exact) mass is 339 g/mol. The van der Waals surface area contributed by atoms with E-state index < -0.39 is 11.9 Å². The van der Waals surface area contributed by atoms with Crippen molar-refractivity contribution in [2.75, 3.05) is 13.1 Å². The minimum absolute atomic E-state index is 0.0856. The van der Waals surface area contributed by atoms with Crippen molar-refractivity contribution in [2.24, 2.45) is 17.8 Å². The van der Waals surface area contributed by atoms with E-state index in [0.29, 0.717) is 24.6 Å². The molecule has 2 fully saturated rings. The third-order valence-corrected chi connectivity index (χ3v) is 5.29. The van der Waals surface area contributed by atoms with Crippen molar-refractivity contribution in [3.63, 3.8) is 0 Å². The number of benzene rings is 1. The zero-order valence-electron chi connectivity index (χ0n) is 14.1. The van der Waals surface area contributed by atoms with Gasteiger partial charge in [0.05, 0.1) is 17.8 Å². The van der Waals surface area contributed by atoms with Gasteiger partial charge >= 0.3 is 5.97 Å². The molecule has 1 aliphatic heterocycles. The average Bonchev–Trinajstić information content (AvgIpc) is 3.20. The molecule has 0 unspecified atom stereocenters. The average molecular weight is 339 g/mol. The third-order valence-electron chi connectivity index (χ3n) is 5.29. The molecule has 1 aliphatic carbocycles. The van der Waals surface area contributed by atoms with Gasteiger partial charge in [0.15, 0.2) is 0 Å². The molecule has 1 saturated carbocycles. The molecule has 130 valence electrons. The lowest BCUT2D eigenvalue weighted by molar-refractivity contribution is -0.142. The standard InChI is InChI=1S/C19H21N3O3/c1-12-8-20-22(9-12)15-6-4-14(5-7-15)18(23)21-10-16(13-2-3-13)17(11-21)19(24)25/h4-9,13,16-17H,2-3,10-11H2,1H3,(H,24,25)/t16-,17+/m1/s1. The summed E-state index contributed by atoms with van der Waals surface area (Å²) < 4.78 is 1.77. The molecule has 6 heteroatoms. The molecule has 2 aromatic rings. The molecule has 1 N–H and O–H groups in total. The van der Waals surface area contributed by atoms with Gasteiger partial charge in [-0.1, -0.05) is 0 Å². The van der Waals surface area contributed by atoms with E-state index in [4.69, 9.17) is 0 Å². The number of aromatic nitrogens is 2. The first-order valence-corrected chi connectivity index (χ1v) is 8.66. The first-order valence-electron chi connectivity index (χ1n) is 8.66. The smallest absolute Gasteiger partial charge is 0.308 e. The number of hydrogen-bond donors (Lipinski definition) is 1. The van der Waals surface area contributed by atoms with Crippen LogP contribution in [0.2, 0.25) is 0 Å². The molecule has 6 nitrogen and oxygen atoms in total. The number of carbonyl (C=O) groups excluding carboxylic acids is 1. The molecule has 1 aromatic heterocycles. The maximum absolute atomic E-state index is 12.8. The van der Waals surface area contributed by atoms with Crippen LogP contribution in [0.5, 0.6) is 0 Å². The van der Waals surface area contributed by atoms with Crippen molar-refractivity contribution in [3.05, 3.63) is 47.8 Å². The summed E-state index contributed by atoms with van der Waals surface area (Å²) in [7, 11) is 0. The van der Waals surface area contributed by atoms with Crippen LogP contribution in [-0.2, 0) is 4.79 Å². The van der Waals surface area contributed by atoms with Gasteiger partial charge in [0.1, 0.15) is 0 Å². The summed E-state index contributed by atoms with van der Waals surface area (Å²) in [4.78, 5) is 26.0. The summed E-state index contributed by atoms with van der Waals surface area (Å²) in [5.41, 5.74) is 2.56. The molecule has 2 heterocycles. The van der Waals surface area contributed by atoms with Crippen molar-refractivity contribution in [3.8, 4) is 5.69 Å². The van der Waals surface area contributed by atoms with Gasteiger partial charge < -0.3 is 10.0 Å². The summed E-state index contributed by atoms with van der Waals surface area (Å²) in [5.74, 6) is -0.714. The van der Waals surface area contributed by atoms with Crippen molar-refractivity contribution in [1.29, 1.82) is 0 Å². The Morgan fingerprint density at radius 2 is 1.88 bits per heavy atom. The van der Waals surface area contributed by atoms with E-state index in [0.717, 1.165) is 24.1 Å². The Balaban J connectivity index is 1.50. The van der Waals surface area contributed by atoms with Gasteiger partial charge in [-0.2, -0.15) is 5.10 Å². The van der Waals surface area contributed by atoms with Gasteiger partial charge in [0, 0.05) is 24.8 Å². The van der Waals surface area contributed by atoms with Gasteiger partial charge in [0.2, 0.25) is 0 Å². The summed E-state index contributed by atoms with van der Waals surface area (Å²) in [5, 5.41) is 13.7. The number of carbonyl (C=O) groups is 2. The maximum atomic E-state index is 12.8. The number of hydrogen-bond acceptors (Lipinski definition) is 3. The number of rotatable bonds is 4. The predicted molar refractivity (Wildman–Crippen MR) is 91.5 cm³/mol. The fourth-order valence-corrected chi connectivity index (χ4v) is 3.75. The second-order valence-corrected chi connectivity index (χ2v) is 7.17. The Bertz CT molecular complexity index is 808. The van der Waals surface area contributed by atoms with Gasteiger partial charge in [-0.3, -0.25) is 9.59 Å². The first kappa shape index (κ1) is 15.9. The van der Waals surface area contributed by atoms with Crippen molar-refractivity contribution < 1.29 is 14.7 Å². The number of carboxylic acid groups (broad SMARTS) is 1. The zero-order valence-corrected chi connectivity index (χ0v) is 14.1. The lowest BCUT2D eigenvalue weighted by atomic mass is 9.92. The van der Waals surface area contributed by atoms with E-state index in [1.807, 2.05) is 25.3 Å². The van der Waals surface area contributed by atoms with Gasteiger partial charge in [-0.05, 0) is 61.4 Å². The van der Waals surface area contributed by atoms with Crippen molar-refractivity contribution in [1.82, 2.24) is 14.7 Å². The Labute approximate surface area is 146 Å². The molecule has 0 bridgehead atoms. The van der Waals surface area contributed by atoms with Crippen molar-refractivity contribution in [2.45, 2.75) is 19.8 Å². The Morgan fingerprint density at radius 1 is 1.16 bits per heavy atom. The summed E-state index contributed by atoms with van der Waals surface area (Å²) in [6.45, 7) is 2.85. The first-order chi connectivity index (χ1) is 12.0. The molecule has 25 heavy (non-hydrogen) atoms. The molecule has 0 spiro atoms. The second-order valence-electron chi connectivity index (χ2n) is 7.17. The zero-order chi connectivity index (χ0) is 17.6. The highest BCUT2D eigenvalue weighted by atomic mass is 16.4. The highest BCUT2D eigenvalue weighted by Crippen LogP contribution is 2.44. The number of aryl methyl sites for hydroxylation is 1. The normalized spacial score (nSPS) is 23.0. The van der Waals surface area contributed by atoms with Crippen LogP contribution in [0.15, 0.2) is 36.7 Å². The quantitative estimate of drug-likeness (QED) is 0.928. The van der Waals surface area contributed by atoms with E-state index >= 15 is 0 Å². The molecule has 1 amide bonds. The fraction of sp³-hybridized carbons (Fsp3) is 0.421. The van der Waals surface area contributed by atoms with Crippen LogP contribution < -0.4 is 0 Å². The van der Waals surface area contributed by atoms with Crippen LogP contribution in [0.3, 0.4) is 0 Å². The fourth-order valence-electron chi connectivity index (χ4n) is 3.75. The Kier molecular flexibility index (Phi) is 3.82. The molecule has 0 radical (unpaired) electrons. The minimum atomic E-state index is -0.781. The highest BCUT2D eigenvalue weighted by molar-refractivity contribution is 5.95. The lowest BCUT2D eigenvalue weighted by Crippen LogP contribution is -2.29. The number of likely N-dealkylation sites (tertiary alicyclic amines) is 1. The number of nitrogens with zero attached hydrogens (tertiary/aromatic N) is 3. The van der Waals surface area contributed by atoms with Gasteiger partial charge in [-0.25, -0.2) is 4.68 Å². The van der Waals surface area contributed by atoms with Crippen LogP contribution in [0.4, 0.5) is 0 Å². The third kappa shape index (κ3) is 3.04. The predicted octanol–water partition coefficient (Wildman–Crippen LogP) is 2.36.